The van der Waals surface area contributed by atoms with E-state index < -0.39 is 0 Å². The molecule has 13 heavy (non-hydrogen) atoms. The van der Waals surface area contributed by atoms with Gasteiger partial charge in [-0.25, -0.2) is 0 Å². The van der Waals surface area contributed by atoms with Crippen LogP contribution in [0.4, 0.5) is 0 Å². The summed E-state index contributed by atoms with van der Waals surface area (Å²) in [5.74, 6) is 0.126. The van der Waals surface area contributed by atoms with E-state index in [-0.39, 0.29) is 5.92 Å². The monoisotopic (exact) mass is 182 g/mol. The summed E-state index contributed by atoms with van der Waals surface area (Å²) >= 11 is 0. The number of nitrogens with zero attached hydrogens (tertiary/aromatic N) is 2. The van der Waals surface area contributed by atoms with Crippen molar-refractivity contribution in [3.8, 4) is 6.07 Å². The van der Waals surface area contributed by atoms with Crippen LogP contribution in [-0.2, 0) is 4.74 Å². The first-order chi connectivity index (χ1) is 6.27. The molecule has 1 heterocycles. The highest BCUT2D eigenvalue weighted by Crippen LogP contribution is 2.13. The van der Waals surface area contributed by atoms with Gasteiger partial charge < -0.3 is 4.74 Å². The van der Waals surface area contributed by atoms with Crippen LogP contribution in [0.2, 0.25) is 0 Å². The van der Waals surface area contributed by atoms with Gasteiger partial charge in [-0.1, -0.05) is 6.92 Å². The van der Waals surface area contributed by atoms with Gasteiger partial charge in [-0.15, -0.1) is 0 Å². The topological polar surface area (TPSA) is 36.3 Å². The fourth-order valence-electron chi connectivity index (χ4n) is 1.74. The number of hydrogen-bond acceptors (Lipinski definition) is 3. The van der Waals surface area contributed by atoms with Crippen molar-refractivity contribution in [3.63, 3.8) is 0 Å². The van der Waals surface area contributed by atoms with Crippen molar-refractivity contribution >= 4 is 0 Å². The third kappa shape index (κ3) is 2.98. The van der Waals surface area contributed by atoms with Crippen molar-refractivity contribution in [1.82, 2.24) is 4.90 Å². The average molecular weight is 182 g/mol. The number of rotatable bonds is 4. The summed E-state index contributed by atoms with van der Waals surface area (Å²) in [6.07, 6.45) is 1.12. The second-order valence-corrected chi connectivity index (χ2v) is 3.64. The van der Waals surface area contributed by atoms with E-state index in [0.29, 0.717) is 6.04 Å². The molecule has 1 fully saturated rings. The van der Waals surface area contributed by atoms with Crippen LogP contribution in [0.3, 0.4) is 0 Å². The lowest BCUT2D eigenvalue weighted by molar-refractivity contribution is 0.142. The second kappa shape index (κ2) is 5.21. The lowest BCUT2D eigenvalue weighted by Gasteiger charge is -2.26. The maximum Gasteiger partial charge on any atom is 0.0666 e. The zero-order chi connectivity index (χ0) is 9.68. The largest absolute Gasteiger partial charge is 0.380 e. The van der Waals surface area contributed by atoms with E-state index in [1.807, 2.05) is 6.92 Å². The van der Waals surface area contributed by atoms with Crippen LogP contribution in [0, 0.1) is 17.2 Å². The highest BCUT2D eigenvalue weighted by atomic mass is 16.5. The van der Waals surface area contributed by atoms with Gasteiger partial charge in [-0.3, -0.25) is 4.90 Å². The molecular weight excluding hydrogens is 164 g/mol. The fourth-order valence-corrected chi connectivity index (χ4v) is 1.74. The number of ether oxygens (including phenoxy) is 1. The minimum absolute atomic E-state index is 0.126. The van der Waals surface area contributed by atoms with Gasteiger partial charge in [-0.2, -0.15) is 5.26 Å². The second-order valence-electron chi connectivity index (χ2n) is 3.64. The molecule has 1 aliphatic heterocycles. The van der Waals surface area contributed by atoms with Gasteiger partial charge in [-0.05, 0) is 19.9 Å². The minimum atomic E-state index is 0.126. The van der Waals surface area contributed by atoms with E-state index in [4.69, 9.17) is 10.00 Å². The first kappa shape index (κ1) is 10.5. The predicted molar refractivity (Wildman–Crippen MR) is 51.2 cm³/mol. The third-order valence-electron chi connectivity index (χ3n) is 2.56. The van der Waals surface area contributed by atoms with Crippen LogP contribution >= 0.6 is 0 Å². The molecular formula is C10H18N2O. The normalized spacial score (nSPS) is 24.6. The van der Waals surface area contributed by atoms with Gasteiger partial charge in [0.05, 0.1) is 18.6 Å². The molecule has 2 atom stereocenters. The summed E-state index contributed by atoms with van der Waals surface area (Å²) in [6, 6.07) is 2.81. The molecule has 3 nitrogen and oxygen atoms in total. The Morgan fingerprint density at radius 2 is 2.46 bits per heavy atom. The molecule has 3 heteroatoms. The summed E-state index contributed by atoms with van der Waals surface area (Å²) in [4.78, 5) is 2.35. The number of hydrogen-bond donors (Lipinski definition) is 0. The molecule has 0 aromatic carbocycles. The summed E-state index contributed by atoms with van der Waals surface area (Å²) in [5.41, 5.74) is 0. The standard InChI is InChI=1S/C10H18N2O/c1-3-12(7-9(2)6-11)10-4-5-13-8-10/h9-10H,3-5,7-8H2,1-2H3. The van der Waals surface area contributed by atoms with Crippen molar-refractivity contribution in [2.24, 2.45) is 5.92 Å². The lowest BCUT2D eigenvalue weighted by Crippen LogP contribution is -2.38. The molecule has 0 bridgehead atoms. The van der Waals surface area contributed by atoms with Gasteiger partial charge in [0, 0.05) is 19.2 Å². The van der Waals surface area contributed by atoms with Crippen LogP contribution in [0.5, 0.6) is 0 Å². The van der Waals surface area contributed by atoms with Crippen molar-refractivity contribution < 1.29 is 4.74 Å². The Labute approximate surface area is 80.3 Å². The van der Waals surface area contributed by atoms with E-state index in [9.17, 15) is 0 Å². The summed E-state index contributed by atoms with van der Waals surface area (Å²) in [7, 11) is 0. The average Bonchev–Trinajstić information content (AvgIpc) is 2.66. The van der Waals surface area contributed by atoms with Crippen LogP contribution < -0.4 is 0 Å². The van der Waals surface area contributed by atoms with Gasteiger partial charge in [0.15, 0.2) is 0 Å². The third-order valence-corrected chi connectivity index (χ3v) is 2.56. The van der Waals surface area contributed by atoms with E-state index >= 15 is 0 Å². The minimum Gasteiger partial charge on any atom is -0.380 e. The molecule has 2 unspecified atom stereocenters. The van der Waals surface area contributed by atoms with Gasteiger partial charge in [0.25, 0.3) is 0 Å². The Morgan fingerprint density at radius 1 is 1.69 bits per heavy atom. The smallest absolute Gasteiger partial charge is 0.0666 e. The molecule has 0 N–H and O–H groups in total. The lowest BCUT2D eigenvalue weighted by atomic mass is 10.1. The Balaban J connectivity index is 2.38. The Morgan fingerprint density at radius 3 is 2.92 bits per heavy atom. The quantitative estimate of drug-likeness (QED) is 0.656. The molecule has 0 radical (unpaired) electrons. The fraction of sp³-hybridized carbons (Fsp3) is 0.900. The first-order valence-corrected chi connectivity index (χ1v) is 4.99. The van der Waals surface area contributed by atoms with Gasteiger partial charge in [0.1, 0.15) is 0 Å². The van der Waals surface area contributed by atoms with E-state index in [1.165, 1.54) is 0 Å². The van der Waals surface area contributed by atoms with Crippen molar-refractivity contribution in [2.75, 3.05) is 26.3 Å². The molecule has 0 aromatic rings. The highest BCUT2D eigenvalue weighted by Gasteiger charge is 2.22. The van der Waals surface area contributed by atoms with Crippen LogP contribution in [-0.4, -0.2) is 37.2 Å². The Bertz CT molecular complexity index is 182. The molecule has 74 valence electrons. The van der Waals surface area contributed by atoms with E-state index in [2.05, 4.69) is 17.9 Å². The zero-order valence-corrected chi connectivity index (χ0v) is 8.49. The number of likely N-dealkylation sites (N-methyl/N-ethyl adjacent to an activating group) is 1. The van der Waals surface area contributed by atoms with Crippen molar-refractivity contribution in [1.29, 1.82) is 5.26 Å². The summed E-state index contributed by atoms with van der Waals surface area (Å²) in [6.45, 7) is 7.72. The van der Waals surface area contributed by atoms with Gasteiger partial charge in [0.2, 0.25) is 0 Å². The maximum atomic E-state index is 8.71. The molecule has 0 amide bonds. The predicted octanol–water partition coefficient (Wildman–Crippen LogP) is 1.26. The SMILES string of the molecule is CCN(CC(C)C#N)C1CCOC1. The Kier molecular flexibility index (Phi) is 4.20. The van der Waals surface area contributed by atoms with Crippen molar-refractivity contribution in [3.05, 3.63) is 0 Å². The summed E-state index contributed by atoms with van der Waals surface area (Å²) in [5, 5.41) is 8.71. The van der Waals surface area contributed by atoms with Gasteiger partial charge >= 0.3 is 0 Å². The van der Waals surface area contributed by atoms with Crippen LogP contribution in [0.25, 0.3) is 0 Å². The highest BCUT2D eigenvalue weighted by molar-refractivity contribution is 4.84. The van der Waals surface area contributed by atoms with E-state index in [1.54, 1.807) is 0 Å². The maximum absolute atomic E-state index is 8.71. The molecule has 1 aliphatic rings. The summed E-state index contributed by atoms with van der Waals surface area (Å²) < 4.78 is 5.33. The molecule has 0 aliphatic carbocycles. The van der Waals surface area contributed by atoms with Crippen LogP contribution in [0.1, 0.15) is 20.3 Å². The molecule has 1 rings (SSSR count). The Hall–Kier alpha value is -0.590. The molecule has 0 aromatic heterocycles. The zero-order valence-electron chi connectivity index (χ0n) is 8.49. The molecule has 1 saturated heterocycles. The van der Waals surface area contributed by atoms with Crippen LogP contribution in [0.15, 0.2) is 0 Å². The van der Waals surface area contributed by atoms with E-state index in [0.717, 1.165) is 32.7 Å². The number of nitriles is 1. The van der Waals surface area contributed by atoms with Crippen molar-refractivity contribution in [2.45, 2.75) is 26.3 Å². The molecule has 0 saturated carbocycles. The first-order valence-electron chi connectivity index (χ1n) is 4.99. The molecule has 0 spiro atoms.